The van der Waals surface area contributed by atoms with Gasteiger partial charge in [0.2, 0.25) is 0 Å². The van der Waals surface area contributed by atoms with Crippen molar-refractivity contribution in [2.75, 3.05) is 14.2 Å². The SMILES string of the molecule is CNC(c1ccc(C)c(Cl)c1)c1ccc(C)cc1OC. The molecule has 0 heterocycles. The third kappa shape index (κ3) is 2.97. The number of rotatable bonds is 4. The number of nitrogens with one attached hydrogen (secondary N) is 1. The number of hydrogen-bond acceptors (Lipinski definition) is 2. The predicted octanol–water partition coefficient (Wildman–Crippen LogP) is 4.27. The highest BCUT2D eigenvalue weighted by Crippen LogP contribution is 2.32. The van der Waals surface area contributed by atoms with E-state index in [9.17, 15) is 0 Å². The first kappa shape index (κ1) is 14.9. The molecule has 0 bridgehead atoms. The topological polar surface area (TPSA) is 21.3 Å². The summed E-state index contributed by atoms with van der Waals surface area (Å²) < 4.78 is 5.51. The van der Waals surface area contributed by atoms with E-state index in [1.807, 2.05) is 26.1 Å². The second-order valence-corrected chi connectivity index (χ2v) is 5.38. The first-order valence-corrected chi connectivity index (χ1v) is 7.02. The smallest absolute Gasteiger partial charge is 0.124 e. The van der Waals surface area contributed by atoms with Gasteiger partial charge in [0, 0.05) is 10.6 Å². The molecule has 20 heavy (non-hydrogen) atoms. The molecule has 106 valence electrons. The molecule has 0 spiro atoms. The third-order valence-electron chi connectivity index (χ3n) is 3.52. The largest absolute Gasteiger partial charge is 0.496 e. The molecule has 2 aromatic rings. The van der Waals surface area contributed by atoms with Crippen molar-refractivity contribution in [3.05, 3.63) is 63.7 Å². The quantitative estimate of drug-likeness (QED) is 0.907. The van der Waals surface area contributed by atoms with E-state index in [2.05, 4.69) is 36.5 Å². The Balaban J connectivity index is 2.49. The molecule has 2 nitrogen and oxygen atoms in total. The first-order chi connectivity index (χ1) is 9.56. The van der Waals surface area contributed by atoms with Crippen LogP contribution in [0.4, 0.5) is 0 Å². The summed E-state index contributed by atoms with van der Waals surface area (Å²) in [5.74, 6) is 0.890. The Kier molecular flexibility index (Phi) is 4.69. The van der Waals surface area contributed by atoms with Crippen molar-refractivity contribution in [2.45, 2.75) is 19.9 Å². The summed E-state index contributed by atoms with van der Waals surface area (Å²) in [6, 6.07) is 12.5. The minimum Gasteiger partial charge on any atom is -0.496 e. The Morgan fingerprint density at radius 2 is 1.85 bits per heavy atom. The lowest BCUT2D eigenvalue weighted by Gasteiger charge is -2.21. The van der Waals surface area contributed by atoms with Crippen LogP contribution in [0.5, 0.6) is 5.75 Å². The van der Waals surface area contributed by atoms with E-state index in [1.165, 1.54) is 5.56 Å². The summed E-state index contributed by atoms with van der Waals surface area (Å²) in [7, 11) is 3.64. The van der Waals surface area contributed by atoms with E-state index in [4.69, 9.17) is 16.3 Å². The lowest BCUT2D eigenvalue weighted by atomic mass is 9.96. The van der Waals surface area contributed by atoms with Gasteiger partial charge in [0.15, 0.2) is 0 Å². The Hall–Kier alpha value is -1.51. The zero-order chi connectivity index (χ0) is 14.7. The molecule has 1 N–H and O–H groups in total. The summed E-state index contributed by atoms with van der Waals surface area (Å²) in [4.78, 5) is 0. The Bertz CT molecular complexity index is 610. The first-order valence-electron chi connectivity index (χ1n) is 6.64. The van der Waals surface area contributed by atoms with Gasteiger partial charge in [0.25, 0.3) is 0 Å². The number of benzene rings is 2. The van der Waals surface area contributed by atoms with Gasteiger partial charge in [-0.25, -0.2) is 0 Å². The normalized spacial score (nSPS) is 12.2. The Morgan fingerprint density at radius 1 is 1.10 bits per heavy atom. The van der Waals surface area contributed by atoms with Gasteiger partial charge in [0.1, 0.15) is 5.75 Å². The highest BCUT2D eigenvalue weighted by molar-refractivity contribution is 6.31. The predicted molar refractivity (Wildman–Crippen MR) is 84.8 cm³/mol. The standard InChI is InChI=1S/C17H20ClNO/c1-11-5-8-14(16(9-11)20-4)17(19-3)13-7-6-12(2)15(18)10-13/h5-10,17,19H,1-4H3. The van der Waals surface area contributed by atoms with Crippen LogP contribution >= 0.6 is 11.6 Å². The molecule has 0 aliphatic heterocycles. The molecule has 0 aromatic heterocycles. The molecule has 3 heteroatoms. The zero-order valence-electron chi connectivity index (χ0n) is 12.3. The minimum atomic E-state index is 0.0589. The van der Waals surface area contributed by atoms with Crippen LogP contribution in [0.1, 0.15) is 28.3 Å². The fraction of sp³-hybridized carbons (Fsp3) is 0.294. The number of hydrogen-bond donors (Lipinski definition) is 1. The van der Waals surface area contributed by atoms with Crippen LogP contribution in [0.25, 0.3) is 0 Å². The van der Waals surface area contributed by atoms with Gasteiger partial charge >= 0.3 is 0 Å². The number of halogens is 1. The van der Waals surface area contributed by atoms with Gasteiger partial charge in [0.05, 0.1) is 13.2 Å². The van der Waals surface area contributed by atoms with Gasteiger partial charge in [-0.05, 0) is 49.7 Å². The average Bonchev–Trinajstić information content (AvgIpc) is 2.44. The van der Waals surface area contributed by atoms with Crippen molar-refractivity contribution in [1.29, 1.82) is 0 Å². The van der Waals surface area contributed by atoms with Gasteiger partial charge in [-0.1, -0.05) is 35.9 Å². The van der Waals surface area contributed by atoms with E-state index >= 15 is 0 Å². The molecule has 0 aliphatic rings. The van der Waals surface area contributed by atoms with Crippen LogP contribution in [0.15, 0.2) is 36.4 Å². The van der Waals surface area contributed by atoms with Crippen LogP contribution in [-0.2, 0) is 0 Å². The average molecular weight is 290 g/mol. The van der Waals surface area contributed by atoms with E-state index in [0.717, 1.165) is 27.5 Å². The summed E-state index contributed by atoms with van der Waals surface area (Å²) in [6.07, 6.45) is 0. The van der Waals surface area contributed by atoms with Crippen LogP contribution in [0, 0.1) is 13.8 Å². The highest BCUT2D eigenvalue weighted by Gasteiger charge is 2.17. The number of ether oxygens (including phenoxy) is 1. The molecule has 1 atom stereocenters. The fourth-order valence-electron chi connectivity index (χ4n) is 2.35. The lowest BCUT2D eigenvalue weighted by molar-refractivity contribution is 0.405. The Morgan fingerprint density at radius 3 is 2.45 bits per heavy atom. The van der Waals surface area contributed by atoms with Crippen molar-refractivity contribution < 1.29 is 4.74 Å². The third-order valence-corrected chi connectivity index (χ3v) is 3.93. The summed E-state index contributed by atoms with van der Waals surface area (Å²) >= 11 is 6.24. The number of aryl methyl sites for hydroxylation is 2. The van der Waals surface area contributed by atoms with Crippen LogP contribution in [0.2, 0.25) is 5.02 Å². The molecular weight excluding hydrogens is 270 g/mol. The van der Waals surface area contributed by atoms with Crippen molar-refractivity contribution in [3.63, 3.8) is 0 Å². The van der Waals surface area contributed by atoms with E-state index in [1.54, 1.807) is 7.11 Å². The molecule has 0 aliphatic carbocycles. The summed E-state index contributed by atoms with van der Waals surface area (Å²) in [5.41, 5.74) is 4.51. The van der Waals surface area contributed by atoms with Gasteiger partial charge in [-0.3, -0.25) is 0 Å². The monoisotopic (exact) mass is 289 g/mol. The summed E-state index contributed by atoms with van der Waals surface area (Å²) in [6.45, 7) is 4.07. The lowest BCUT2D eigenvalue weighted by Crippen LogP contribution is -2.18. The molecule has 0 saturated heterocycles. The zero-order valence-corrected chi connectivity index (χ0v) is 13.1. The van der Waals surface area contributed by atoms with Gasteiger partial charge in [-0.15, -0.1) is 0 Å². The highest BCUT2D eigenvalue weighted by atomic mass is 35.5. The molecular formula is C17H20ClNO. The Labute approximate surface area is 125 Å². The fourth-order valence-corrected chi connectivity index (χ4v) is 2.54. The van der Waals surface area contributed by atoms with Crippen LogP contribution in [-0.4, -0.2) is 14.2 Å². The van der Waals surface area contributed by atoms with E-state index in [-0.39, 0.29) is 6.04 Å². The van der Waals surface area contributed by atoms with Crippen LogP contribution < -0.4 is 10.1 Å². The molecule has 2 aromatic carbocycles. The maximum Gasteiger partial charge on any atom is 0.124 e. The van der Waals surface area contributed by atoms with Gasteiger partial charge in [-0.2, -0.15) is 0 Å². The molecule has 0 fully saturated rings. The maximum atomic E-state index is 6.24. The van der Waals surface area contributed by atoms with E-state index < -0.39 is 0 Å². The van der Waals surface area contributed by atoms with Crippen LogP contribution in [0.3, 0.4) is 0 Å². The molecule has 1 unspecified atom stereocenters. The maximum absolute atomic E-state index is 6.24. The summed E-state index contributed by atoms with van der Waals surface area (Å²) in [5, 5.41) is 4.12. The van der Waals surface area contributed by atoms with Crippen molar-refractivity contribution >= 4 is 11.6 Å². The second-order valence-electron chi connectivity index (χ2n) is 4.98. The van der Waals surface area contributed by atoms with Gasteiger partial charge < -0.3 is 10.1 Å². The number of methoxy groups -OCH3 is 1. The van der Waals surface area contributed by atoms with E-state index in [0.29, 0.717) is 0 Å². The van der Waals surface area contributed by atoms with Crippen molar-refractivity contribution in [1.82, 2.24) is 5.32 Å². The molecule has 0 saturated carbocycles. The molecule has 0 amide bonds. The van der Waals surface area contributed by atoms with Crippen molar-refractivity contribution in [2.24, 2.45) is 0 Å². The molecule has 0 radical (unpaired) electrons. The molecule has 2 rings (SSSR count). The minimum absolute atomic E-state index is 0.0589. The van der Waals surface area contributed by atoms with Crippen molar-refractivity contribution in [3.8, 4) is 5.75 Å². The second kappa shape index (κ2) is 6.29.